The summed E-state index contributed by atoms with van der Waals surface area (Å²) in [5, 5.41) is 0. The molecule has 0 heterocycles. The molecule has 0 nitrogen and oxygen atoms in total. The summed E-state index contributed by atoms with van der Waals surface area (Å²) in [6, 6.07) is 17.9. The summed E-state index contributed by atoms with van der Waals surface area (Å²) >= 11 is 0. The van der Waals surface area contributed by atoms with E-state index in [2.05, 4.69) is 90.1 Å². The van der Waals surface area contributed by atoms with Crippen LogP contribution < -0.4 is 0 Å². The molecule has 0 atom stereocenters. The van der Waals surface area contributed by atoms with Crippen LogP contribution in [0.2, 0.25) is 0 Å². The molecule has 0 saturated carbocycles. The van der Waals surface area contributed by atoms with Gasteiger partial charge in [-0.3, -0.25) is 0 Å². The fourth-order valence-corrected chi connectivity index (χ4v) is 3.35. The lowest BCUT2D eigenvalue weighted by Gasteiger charge is -2.18. The second-order valence-corrected chi connectivity index (χ2v) is 6.98. The molecule has 0 unspecified atom stereocenters. The molecule has 3 rings (SSSR count). The first-order valence-electron chi connectivity index (χ1n) is 8.64. The molecule has 0 fully saturated rings. The van der Waals surface area contributed by atoms with Crippen molar-refractivity contribution in [2.45, 2.75) is 41.5 Å². The molecular formula is C24H26. The number of hydrogen-bond donors (Lipinski definition) is 0. The molecule has 0 saturated heterocycles. The summed E-state index contributed by atoms with van der Waals surface area (Å²) in [6.45, 7) is 13.3. The summed E-state index contributed by atoms with van der Waals surface area (Å²) in [6.07, 6.45) is 0. The van der Waals surface area contributed by atoms with E-state index in [4.69, 9.17) is 0 Å². The normalized spacial score (nSPS) is 10.9. The lowest BCUT2D eigenvalue weighted by Crippen LogP contribution is -1.95. The highest BCUT2D eigenvalue weighted by atomic mass is 14.2. The Balaban J connectivity index is 2.37. The van der Waals surface area contributed by atoms with Gasteiger partial charge in [0.15, 0.2) is 0 Å². The van der Waals surface area contributed by atoms with Gasteiger partial charge in [0.2, 0.25) is 0 Å². The highest BCUT2D eigenvalue weighted by Gasteiger charge is 2.14. The Hall–Kier alpha value is -2.34. The van der Waals surface area contributed by atoms with Crippen molar-refractivity contribution in [3.8, 4) is 22.3 Å². The standard InChI is InChI=1S/C24H26/c1-15-9-7-11-21(19(15)5)23-13-17(3)18(4)14-24(23)22-12-8-10-16(2)20(22)6/h7-14H,1-6H3. The van der Waals surface area contributed by atoms with Crippen molar-refractivity contribution >= 4 is 0 Å². The maximum absolute atomic E-state index is 2.36. The highest BCUT2D eigenvalue weighted by Crippen LogP contribution is 2.38. The third-order valence-electron chi connectivity index (χ3n) is 5.42. The predicted octanol–water partition coefficient (Wildman–Crippen LogP) is 6.87. The van der Waals surface area contributed by atoms with E-state index in [0.29, 0.717) is 0 Å². The topological polar surface area (TPSA) is 0 Å². The first kappa shape index (κ1) is 16.5. The summed E-state index contributed by atoms with van der Waals surface area (Å²) in [4.78, 5) is 0. The van der Waals surface area contributed by atoms with E-state index in [1.165, 1.54) is 55.6 Å². The summed E-state index contributed by atoms with van der Waals surface area (Å²) < 4.78 is 0. The minimum atomic E-state index is 1.34. The lowest BCUT2D eigenvalue weighted by molar-refractivity contribution is 1.30. The second-order valence-electron chi connectivity index (χ2n) is 6.98. The molecule has 0 spiro atoms. The minimum absolute atomic E-state index is 1.34. The van der Waals surface area contributed by atoms with Gasteiger partial charge in [0.1, 0.15) is 0 Å². The Bertz CT molecular complexity index is 837. The Labute approximate surface area is 146 Å². The zero-order valence-electron chi connectivity index (χ0n) is 15.6. The first-order valence-corrected chi connectivity index (χ1v) is 8.64. The fourth-order valence-electron chi connectivity index (χ4n) is 3.35. The van der Waals surface area contributed by atoms with Gasteiger partial charge in [0, 0.05) is 0 Å². The van der Waals surface area contributed by atoms with E-state index in [1.54, 1.807) is 0 Å². The van der Waals surface area contributed by atoms with Crippen LogP contribution in [0.4, 0.5) is 0 Å². The fraction of sp³-hybridized carbons (Fsp3) is 0.250. The summed E-state index contributed by atoms with van der Waals surface area (Å²) in [5.74, 6) is 0. The molecule has 0 radical (unpaired) electrons. The third-order valence-corrected chi connectivity index (χ3v) is 5.42. The molecule has 0 aromatic heterocycles. The van der Waals surface area contributed by atoms with Crippen LogP contribution in [-0.2, 0) is 0 Å². The van der Waals surface area contributed by atoms with Crippen LogP contribution >= 0.6 is 0 Å². The van der Waals surface area contributed by atoms with Gasteiger partial charge in [-0.05, 0) is 97.2 Å². The average Bonchev–Trinajstić information content (AvgIpc) is 2.55. The van der Waals surface area contributed by atoms with E-state index in [9.17, 15) is 0 Å². The smallest absolute Gasteiger partial charge is 0.00997 e. The molecule has 0 amide bonds. The first-order chi connectivity index (χ1) is 11.4. The highest BCUT2D eigenvalue weighted by molar-refractivity contribution is 5.87. The van der Waals surface area contributed by atoms with E-state index in [1.807, 2.05) is 0 Å². The maximum atomic E-state index is 2.36. The van der Waals surface area contributed by atoms with E-state index >= 15 is 0 Å². The quantitative estimate of drug-likeness (QED) is 0.484. The van der Waals surface area contributed by atoms with Crippen molar-refractivity contribution < 1.29 is 0 Å². The second kappa shape index (κ2) is 6.28. The minimum Gasteiger partial charge on any atom is -0.0614 e. The van der Waals surface area contributed by atoms with Crippen molar-refractivity contribution in [2.75, 3.05) is 0 Å². The Morgan fingerprint density at radius 2 is 0.792 bits per heavy atom. The monoisotopic (exact) mass is 314 g/mol. The van der Waals surface area contributed by atoms with Gasteiger partial charge in [-0.15, -0.1) is 0 Å². The summed E-state index contributed by atoms with van der Waals surface area (Å²) in [5.41, 5.74) is 13.5. The van der Waals surface area contributed by atoms with Crippen molar-refractivity contribution in [3.05, 3.63) is 81.9 Å². The van der Waals surface area contributed by atoms with Crippen LogP contribution in [0, 0.1) is 41.5 Å². The lowest BCUT2D eigenvalue weighted by atomic mass is 9.86. The molecule has 0 aliphatic rings. The van der Waals surface area contributed by atoms with Crippen molar-refractivity contribution in [1.29, 1.82) is 0 Å². The molecule has 0 aliphatic heterocycles. The van der Waals surface area contributed by atoms with Crippen LogP contribution in [0.15, 0.2) is 48.5 Å². The van der Waals surface area contributed by atoms with Gasteiger partial charge in [-0.25, -0.2) is 0 Å². The van der Waals surface area contributed by atoms with Crippen LogP contribution in [-0.4, -0.2) is 0 Å². The van der Waals surface area contributed by atoms with Gasteiger partial charge in [0.05, 0.1) is 0 Å². The Morgan fingerprint density at radius 3 is 1.17 bits per heavy atom. The molecule has 0 heteroatoms. The number of rotatable bonds is 2. The van der Waals surface area contributed by atoms with Crippen LogP contribution in [0.1, 0.15) is 33.4 Å². The molecule has 122 valence electrons. The molecule has 0 bridgehead atoms. The zero-order chi connectivity index (χ0) is 17.4. The molecule has 0 N–H and O–H groups in total. The van der Waals surface area contributed by atoms with Crippen molar-refractivity contribution in [3.63, 3.8) is 0 Å². The maximum Gasteiger partial charge on any atom is -0.00997 e. The van der Waals surface area contributed by atoms with Gasteiger partial charge >= 0.3 is 0 Å². The SMILES string of the molecule is Cc1cc(-c2cccc(C)c2C)c(-c2cccc(C)c2C)cc1C. The Kier molecular flexibility index (Phi) is 4.32. The van der Waals surface area contributed by atoms with Gasteiger partial charge in [-0.2, -0.15) is 0 Å². The molecule has 24 heavy (non-hydrogen) atoms. The molecule has 0 aliphatic carbocycles. The predicted molar refractivity (Wildman–Crippen MR) is 106 cm³/mol. The van der Waals surface area contributed by atoms with Crippen LogP contribution in [0.25, 0.3) is 22.3 Å². The zero-order valence-corrected chi connectivity index (χ0v) is 15.6. The van der Waals surface area contributed by atoms with Crippen molar-refractivity contribution in [2.24, 2.45) is 0 Å². The summed E-state index contributed by atoms with van der Waals surface area (Å²) in [7, 11) is 0. The van der Waals surface area contributed by atoms with Crippen LogP contribution in [0.5, 0.6) is 0 Å². The number of aryl methyl sites for hydroxylation is 4. The van der Waals surface area contributed by atoms with E-state index in [-0.39, 0.29) is 0 Å². The van der Waals surface area contributed by atoms with Gasteiger partial charge < -0.3 is 0 Å². The Morgan fingerprint density at radius 1 is 0.417 bits per heavy atom. The third kappa shape index (κ3) is 2.78. The van der Waals surface area contributed by atoms with Gasteiger partial charge in [0.25, 0.3) is 0 Å². The van der Waals surface area contributed by atoms with Crippen LogP contribution in [0.3, 0.4) is 0 Å². The number of benzene rings is 3. The molecule has 3 aromatic carbocycles. The van der Waals surface area contributed by atoms with Gasteiger partial charge in [-0.1, -0.05) is 48.5 Å². The van der Waals surface area contributed by atoms with E-state index < -0.39 is 0 Å². The molecule has 3 aromatic rings. The number of hydrogen-bond acceptors (Lipinski definition) is 0. The van der Waals surface area contributed by atoms with E-state index in [0.717, 1.165) is 0 Å². The van der Waals surface area contributed by atoms with Crippen molar-refractivity contribution in [1.82, 2.24) is 0 Å². The molecular weight excluding hydrogens is 288 g/mol. The largest absolute Gasteiger partial charge is 0.0614 e. The average molecular weight is 314 g/mol.